The first kappa shape index (κ1) is 16.2. The highest BCUT2D eigenvalue weighted by Gasteiger charge is 2.24. The summed E-state index contributed by atoms with van der Waals surface area (Å²) in [7, 11) is 1.35. The van der Waals surface area contributed by atoms with Crippen molar-refractivity contribution in [3.8, 4) is 0 Å². The molecule has 6 nitrogen and oxygen atoms in total. The molecule has 0 atom stereocenters. The van der Waals surface area contributed by atoms with E-state index in [-0.39, 0.29) is 26.0 Å². The van der Waals surface area contributed by atoms with Crippen molar-refractivity contribution >= 4 is 72.2 Å². The van der Waals surface area contributed by atoms with Crippen molar-refractivity contribution in [2.45, 2.75) is 4.34 Å². The van der Waals surface area contributed by atoms with Crippen molar-refractivity contribution in [2.24, 2.45) is 5.16 Å². The number of carbonyl (C=O) groups is 1. The average Bonchev–Trinajstić information content (AvgIpc) is 3.06. The molecule has 0 saturated carbocycles. The SMILES string of the molecule is CO/N=C(/C(=O)Sc1nc2ccccc2s1)c1nc(N)sc1Cl. The monoisotopic (exact) mass is 384 g/mol. The number of benzene rings is 1. The van der Waals surface area contributed by atoms with Gasteiger partial charge in [0, 0.05) is 0 Å². The number of nitrogen functional groups attached to an aromatic ring is 1. The van der Waals surface area contributed by atoms with E-state index in [9.17, 15) is 4.79 Å². The molecule has 0 spiro atoms. The number of anilines is 1. The number of nitrogens with zero attached hydrogens (tertiary/aromatic N) is 3. The van der Waals surface area contributed by atoms with Crippen LogP contribution in [0.15, 0.2) is 33.8 Å². The van der Waals surface area contributed by atoms with Gasteiger partial charge in [0.05, 0.1) is 10.2 Å². The zero-order valence-corrected chi connectivity index (χ0v) is 14.9. The highest BCUT2D eigenvalue weighted by molar-refractivity contribution is 8.16. The number of fused-ring (bicyclic) bond motifs is 1. The molecular formula is C13H9ClN4O2S3. The zero-order valence-electron chi connectivity index (χ0n) is 11.6. The van der Waals surface area contributed by atoms with E-state index in [0.29, 0.717) is 4.34 Å². The van der Waals surface area contributed by atoms with Gasteiger partial charge in [-0.05, 0) is 23.9 Å². The lowest BCUT2D eigenvalue weighted by atomic mass is 10.3. The highest BCUT2D eigenvalue weighted by atomic mass is 35.5. The molecule has 118 valence electrons. The van der Waals surface area contributed by atoms with Gasteiger partial charge in [-0.1, -0.05) is 40.2 Å². The number of rotatable bonds is 4. The fourth-order valence-corrected chi connectivity index (χ4v) is 4.58. The van der Waals surface area contributed by atoms with Crippen molar-refractivity contribution in [1.82, 2.24) is 9.97 Å². The van der Waals surface area contributed by atoms with Crippen molar-refractivity contribution in [3.63, 3.8) is 0 Å². The maximum Gasteiger partial charge on any atom is 0.250 e. The Kier molecular flexibility index (Phi) is 4.81. The molecule has 0 amide bonds. The number of nitrogens with two attached hydrogens (primary N) is 1. The van der Waals surface area contributed by atoms with Crippen molar-refractivity contribution in [3.05, 3.63) is 34.3 Å². The van der Waals surface area contributed by atoms with Gasteiger partial charge in [0.1, 0.15) is 17.1 Å². The number of para-hydroxylation sites is 1. The molecule has 0 aliphatic carbocycles. The molecule has 0 aliphatic heterocycles. The number of thiazole rings is 2. The van der Waals surface area contributed by atoms with Gasteiger partial charge in [0.25, 0.3) is 0 Å². The molecule has 2 N–H and O–H groups in total. The molecule has 2 aromatic heterocycles. The number of carbonyl (C=O) groups excluding carboxylic acids is 1. The number of aromatic nitrogens is 2. The quantitative estimate of drug-likeness (QED) is 0.419. The van der Waals surface area contributed by atoms with Gasteiger partial charge in [0.15, 0.2) is 15.2 Å². The fraction of sp³-hybridized carbons (Fsp3) is 0.0769. The number of oxime groups is 1. The standard InChI is InChI=1S/C13H9ClN4O2S3/c1-20-18-9(8-10(14)22-12(15)17-8)11(19)23-13-16-6-4-2-3-5-7(6)21-13/h2-5H,1H3,(H2,15,17)/b18-9+. The minimum Gasteiger partial charge on any atom is -0.398 e. The van der Waals surface area contributed by atoms with Gasteiger partial charge < -0.3 is 10.6 Å². The van der Waals surface area contributed by atoms with E-state index in [2.05, 4.69) is 15.1 Å². The number of hydrogen-bond acceptors (Lipinski definition) is 9. The van der Waals surface area contributed by atoms with Gasteiger partial charge in [-0.3, -0.25) is 4.79 Å². The second-order valence-corrected chi connectivity index (χ2v) is 8.02. The van der Waals surface area contributed by atoms with E-state index in [1.807, 2.05) is 24.3 Å². The Balaban J connectivity index is 1.90. The summed E-state index contributed by atoms with van der Waals surface area (Å²) in [5.41, 5.74) is 6.68. The molecule has 10 heteroatoms. The van der Waals surface area contributed by atoms with Crippen LogP contribution >= 0.6 is 46.0 Å². The van der Waals surface area contributed by atoms with Crippen LogP contribution in [-0.4, -0.2) is 27.9 Å². The average molecular weight is 385 g/mol. The summed E-state index contributed by atoms with van der Waals surface area (Å²) in [4.78, 5) is 25.7. The summed E-state index contributed by atoms with van der Waals surface area (Å²) >= 11 is 9.50. The number of thioether (sulfide) groups is 1. The maximum atomic E-state index is 12.5. The van der Waals surface area contributed by atoms with Crippen LogP contribution in [0.3, 0.4) is 0 Å². The lowest BCUT2D eigenvalue weighted by molar-refractivity contribution is -0.105. The van der Waals surface area contributed by atoms with Gasteiger partial charge in [-0.25, -0.2) is 9.97 Å². The Morgan fingerprint density at radius 1 is 1.35 bits per heavy atom. The second kappa shape index (κ2) is 6.83. The predicted molar refractivity (Wildman–Crippen MR) is 95.6 cm³/mol. The first-order chi connectivity index (χ1) is 11.1. The molecule has 2 heterocycles. The van der Waals surface area contributed by atoms with Crippen molar-refractivity contribution in [1.29, 1.82) is 0 Å². The molecule has 1 aromatic carbocycles. The predicted octanol–water partition coefficient (Wildman–Crippen LogP) is 3.66. The van der Waals surface area contributed by atoms with Crippen molar-refractivity contribution in [2.75, 3.05) is 12.8 Å². The lowest BCUT2D eigenvalue weighted by Crippen LogP contribution is -2.13. The topological polar surface area (TPSA) is 90.5 Å². The summed E-state index contributed by atoms with van der Waals surface area (Å²) in [6.07, 6.45) is 0. The summed E-state index contributed by atoms with van der Waals surface area (Å²) in [6.45, 7) is 0. The van der Waals surface area contributed by atoms with Crippen LogP contribution in [0.2, 0.25) is 4.34 Å². The minimum absolute atomic E-state index is 0.00899. The summed E-state index contributed by atoms with van der Waals surface area (Å²) in [5.74, 6) is 0. The van der Waals surface area contributed by atoms with Crippen LogP contribution in [-0.2, 0) is 9.63 Å². The molecule has 0 fully saturated rings. The Hall–Kier alpha value is -1.68. The molecule has 3 rings (SSSR count). The van der Waals surface area contributed by atoms with E-state index in [1.165, 1.54) is 18.4 Å². The third-order valence-corrected chi connectivity index (χ3v) is 5.72. The van der Waals surface area contributed by atoms with Gasteiger partial charge in [0.2, 0.25) is 5.12 Å². The van der Waals surface area contributed by atoms with Crippen LogP contribution < -0.4 is 5.73 Å². The van der Waals surface area contributed by atoms with Crippen LogP contribution in [0.5, 0.6) is 0 Å². The van der Waals surface area contributed by atoms with Crippen LogP contribution in [0.1, 0.15) is 5.69 Å². The first-order valence-corrected chi connectivity index (χ1v) is 9.02. The van der Waals surface area contributed by atoms with Crippen LogP contribution in [0, 0.1) is 0 Å². The number of hydrogen-bond donors (Lipinski definition) is 1. The Morgan fingerprint density at radius 2 is 2.13 bits per heavy atom. The first-order valence-electron chi connectivity index (χ1n) is 6.19. The third-order valence-electron chi connectivity index (χ3n) is 2.66. The molecule has 0 bridgehead atoms. The molecule has 0 unspecified atom stereocenters. The second-order valence-electron chi connectivity index (χ2n) is 4.13. The van der Waals surface area contributed by atoms with Gasteiger partial charge in [-0.15, -0.1) is 11.3 Å². The van der Waals surface area contributed by atoms with E-state index in [1.54, 1.807) is 0 Å². The molecule has 0 aliphatic rings. The largest absolute Gasteiger partial charge is 0.398 e. The van der Waals surface area contributed by atoms with E-state index >= 15 is 0 Å². The molecule has 0 radical (unpaired) electrons. The van der Waals surface area contributed by atoms with Crippen molar-refractivity contribution < 1.29 is 9.63 Å². The maximum absolute atomic E-state index is 12.5. The molecule has 23 heavy (non-hydrogen) atoms. The van der Waals surface area contributed by atoms with Crippen LogP contribution in [0.25, 0.3) is 10.2 Å². The molecule has 3 aromatic rings. The Morgan fingerprint density at radius 3 is 2.78 bits per heavy atom. The van der Waals surface area contributed by atoms with E-state index < -0.39 is 0 Å². The van der Waals surface area contributed by atoms with Crippen LogP contribution in [0.4, 0.5) is 5.13 Å². The Labute approximate surface area is 148 Å². The highest BCUT2D eigenvalue weighted by Crippen LogP contribution is 2.32. The van der Waals surface area contributed by atoms with E-state index in [4.69, 9.17) is 22.2 Å². The number of halogens is 1. The zero-order chi connectivity index (χ0) is 16.4. The normalized spacial score (nSPS) is 11.8. The molecule has 0 saturated heterocycles. The summed E-state index contributed by atoms with van der Waals surface area (Å²) < 4.78 is 1.90. The minimum atomic E-state index is -0.363. The molecular weight excluding hydrogens is 376 g/mol. The summed E-state index contributed by atoms with van der Waals surface area (Å²) in [5, 5.41) is 3.64. The van der Waals surface area contributed by atoms with Gasteiger partial charge >= 0.3 is 0 Å². The van der Waals surface area contributed by atoms with E-state index in [0.717, 1.165) is 33.3 Å². The fourth-order valence-electron chi connectivity index (χ4n) is 1.75. The Bertz CT molecular complexity index is 873. The van der Waals surface area contributed by atoms with Gasteiger partial charge in [-0.2, -0.15) is 0 Å². The lowest BCUT2D eigenvalue weighted by Gasteiger charge is -2.00. The smallest absolute Gasteiger partial charge is 0.250 e. The summed E-state index contributed by atoms with van der Waals surface area (Å²) in [6, 6.07) is 7.66. The third kappa shape index (κ3) is 3.47.